The van der Waals surface area contributed by atoms with Crippen LogP contribution in [0.4, 0.5) is 8.78 Å². The number of hydrogen-bond donors (Lipinski definition) is 1. The molecule has 0 bridgehead atoms. The van der Waals surface area contributed by atoms with Crippen molar-refractivity contribution >= 4 is 11.3 Å². The van der Waals surface area contributed by atoms with Crippen LogP contribution >= 0.6 is 11.3 Å². The molecule has 2 rings (SSSR count). The van der Waals surface area contributed by atoms with Crippen LogP contribution < -0.4 is 5.32 Å². The lowest BCUT2D eigenvalue weighted by Gasteiger charge is -2.15. The Labute approximate surface area is 96.7 Å². The van der Waals surface area contributed by atoms with Crippen LogP contribution in [0.5, 0.6) is 0 Å². The molecule has 1 aromatic carbocycles. The summed E-state index contributed by atoms with van der Waals surface area (Å²) in [6.45, 7) is 0. The van der Waals surface area contributed by atoms with Crippen molar-refractivity contribution in [1.82, 2.24) is 5.32 Å². The SMILES string of the molecule is CNC(c1cccs1)c1cccc(F)c1F. The van der Waals surface area contributed by atoms with Gasteiger partial charge in [-0.15, -0.1) is 11.3 Å². The predicted octanol–water partition coefficient (Wildman–Crippen LogP) is 3.34. The van der Waals surface area contributed by atoms with Gasteiger partial charge in [-0.2, -0.15) is 0 Å². The third-order valence-electron chi connectivity index (χ3n) is 2.41. The Morgan fingerprint density at radius 1 is 1.19 bits per heavy atom. The Balaban J connectivity index is 2.45. The van der Waals surface area contributed by atoms with Gasteiger partial charge in [0.15, 0.2) is 11.6 Å². The average molecular weight is 239 g/mol. The van der Waals surface area contributed by atoms with Gasteiger partial charge in [-0.25, -0.2) is 8.78 Å². The summed E-state index contributed by atoms with van der Waals surface area (Å²) in [5, 5.41) is 4.91. The molecule has 0 saturated carbocycles. The van der Waals surface area contributed by atoms with Crippen LogP contribution in [0.25, 0.3) is 0 Å². The maximum absolute atomic E-state index is 13.6. The van der Waals surface area contributed by atoms with Crippen LogP contribution in [-0.2, 0) is 0 Å². The van der Waals surface area contributed by atoms with E-state index >= 15 is 0 Å². The topological polar surface area (TPSA) is 12.0 Å². The lowest BCUT2D eigenvalue weighted by Crippen LogP contribution is -2.18. The molecule has 84 valence electrons. The molecular formula is C12H11F2NS. The van der Waals surface area contributed by atoms with E-state index < -0.39 is 11.6 Å². The molecule has 0 aliphatic rings. The third kappa shape index (κ3) is 1.99. The second-order valence-corrected chi connectivity index (χ2v) is 4.36. The van der Waals surface area contributed by atoms with Crippen LogP contribution in [0.2, 0.25) is 0 Å². The van der Waals surface area contributed by atoms with Crippen LogP contribution in [0.15, 0.2) is 35.7 Å². The number of halogens is 2. The molecule has 1 nitrogen and oxygen atoms in total. The molecule has 0 amide bonds. The second kappa shape index (κ2) is 4.72. The first-order valence-corrected chi connectivity index (χ1v) is 5.76. The van der Waals surface area contributed by atoms with Crippen molar-refractivity contribution < 1.29 is 8.78 Å². The molecular weight excluding hydrogens is 228 g/mol. The molecule has 1 aromatic heterocycles. The predicted molar refractivity (Wildman–Crippen MR) is 61.6 cm³/mol. The van der Waals surface area contributed by atoms with Gasteiger partial charge in [0, 0.05) is 10.4 Å². The molecule has 0 aliphatic heterocycles. The van der Waals surface area contributed by atoms with E-state index in [-0.39, 0.29) is 6.04 Å². The fourth-order valence-corrected chi connectivity index (χ4v) is 2.50. The van der Waals surface area contributed by atoms with Gasteiger partial charge in [0.25, 0.3) is 0 Å². The molecule has 0 saturated heterocycles. The van der Waals surface area contributed by atoms with Crippen LogP contribution in [0.1, 0.15) is 16.5 Å². The molecule has 0 radical (unpaired) electrons. The maximum Gasteiger partial charge on any atom is 0.163 e. The number of benzene rings is 1. The Hall–Kier alpha value is -1.26. The first kappa shape index (κ1) is 11.2. The van der Waals surface area contributed by atoms with Crippen LogP contribution in [0.3, 0.4) is 0 Å². The molecule has 2 aromatic rings. The summed E-state index contributed by atoms with van der Waals surface area (Å²) in [5.41, 5.74) is 0.338. The molecule has 16 heavy (non-hydrogen) atoms. The molecule has 1 unspecified atom stereocenters. The maximum atomic E-state index is 13.6. The number of nitrogens with one attached hydrogen (secondary N) is 1. The normalized spacial score (nSPS) is 12.7. The average Bonchev–Trinajstić information content (AvgIpc) is 2.79. The lowest BCUT2D eigenvalue weighted by molar-refractivity contribution is 0.488. The van der Waals surface area contributed by atoms with Crippen molar-refractivity contribution in [3.63, 3.8) is 0 Å². The highest BCUT2D eigenvalue weighted by atomic mass is 32.1. The van der Waals surface area contributed by atoms with E-state index in [1.807, 2.05) is 17.5 Å². The standard InChI is InChI=1S/C12H11F2NS/c1-15-12(10-6-3-7-16-10)8-4-2-5-9(13)11(8)14/h2-7,12,15H,1H3. The van der Waals surface area contributed by atoms with Crippen molar-refractivity contribution in [2.75, 3.05) is 7.05 Å². The zero-order chi connectivity index (χ0) is 11.5. The summed E-state index contributed by atoms with van der Waals surface area (Å²) in [7, 11) is 1.73. The molecule has 0 spiro atoms. The Kier molecular flexibility index (Phi) is 3.31. The smallest absolute Gasteiger partial charge is 0.163 e. The van der Waals surface area contributed by atoms with Gasteiger partial charge in [0.05, 0.1) is 6.04 Å². The highest BCUT2D eigenvalue weighted by molar-refractivity contribution is 7.10. The highest BCUT2D eigenvalue weighted by Gasteiger charge is 2.18. The van der Waals surface area contributed by atoms with Crippen molar-refractivity contribution in [3.05, 3.63) is 57.8 Å². The second-order valence-electron chi connectivity index (χ2n) is 3.38. The molecule has 4 heteroatoms. The largest absolute Gasteiger partial charge is 0.309 e. The lowest BCUT2D eigenvalue weighted by atomic mass is 10.0. The molecule has 1 N–H and O–H groups in total. The van der Waals surface area contributed by atoms with Gasteiger partial charge in [-0.05, 0) is 24.6 Å². The Bertz CT molecular complexity index is 468. The minimum absolute atomic E-state index is 0.296. The van der Waals surface area contributed by atoms with E-state index in [1.165, 1.54) is 17.4 Å². The van der Waals surface area contributed by atoms with Gasteiger partial charge in [-0.1, -0.05) is 18.2 Å². The summed E-state index contributed by atoms with van der Waals surface area (Å²) in [6, 6.07) is 7.73. The van der Waals surface area contributed by atoms with Crippen molar-refractivity contribution in [1.29, 1.82) is 0 Å². The van der Waals surface area contributed by atoms with E-state index in [1.54, 1.807) is 13.1 Å². The first-order chi connectivity index (χ1) is 7.74. The minimum atomic E-state index is -0.811. The zero-order valence-corrected chi connectivity index (χ0v) is 9.52. The minimum Gasteiger partial charge on any atom is -0.309 e. The van der Waals surface area contributed by atoms with Crippen molar-refractivity contribution in [3.8, 4) is 0 Å². The van der Waals surface area contributed by atoms with Gasteiger partial charge in [0.1, 0.15) is 0 Å². The van der Waals surface area contributed by atoms with E-state index in [9.17, 15) is 8.78 Å². The molecule has 0 fully saturated rings. The van der Waals surface area contributed by atoms with E-state index in [2.05, 4.69) is 5.32 Å². The number of thiophene rings is 1. The highest BCUT2D eigenvalue weighted by Crippen LogP contribution is 2.28. The zero-order valence-electron chi connectivity index (χ0n) is 8.71. The fourth-order valence-electron chi connectivity index (χ4n) is 1.65. The monoisotopic (exact) mass is 239 g/mol. The van der Waals surface area contributed by atoms with Gasteiger partial charge >= 0.3 is 0 Å². The summed E-state index contributed by atoms with van der Waals surface area (Å²) in [6.07, 6.45) is 0. The summed E-state index contributed by atoms with van der Waals surface area (Å²) >= 11 is 1.51. The first-order valence-electron chi connectivity index (χ1n) is 4.88. The number of hydrogen-bond acceptors (Lipinski definition) is 2. The molecule has 0 aliphatic carbocycles. The van der Waals surface area contributed by atoms with Crippen molar-refractivity contribution in [2.24, 2.45) is 0 Å². The van der Waals surface area contributed by atoms with E-state index in [0.29, 0.717) is 5.56 Å². The van der Waals surface area contributed by atoms with E-state index in [4.69, 9.17) is 0 Å². The van der Waals surface area contributed by atoms with Gasteiger partial charge in [-0.3, -0.25) is 0 Å². The van der Waals surface area contributed by atoms with Gasteiger partial charge < -0.3 is 5.32 Å². The fraction of sp³-hybridized carbons (Fsp3) is 0.167. The van der Waals surface area contributed by atoms with Crippen LogP contribution in [-0.4, -0.2) is 7.05 Å². The van der Waals surface area contributed by atoms with Crippen LogP contribution in [0, 0.1) is 11.6 Å². The third-order valence-corrected chi connectivity index (χ3v) is 3.35. The van der Waals surface area contributed by atoms with E-state index in [0.717, 1.165) is 10.9 Å². The summed E-state index contributed by atoms with van der Waals surface area (Å²) in [4.78, 5) is 0.965. The quantitative estimate of drug-likeness (QED) is 0.866. The molecule has 1 atom stereocenters. The van der Waals surface area contributed by atoms with Gasteiger partial charge in [0.2, 0.25) is 0 Å². The molecule has 1 heterocycles. The van der Waals surface area contributed by atoms with Crippen molar-refractivity contribution in [2.45, 2.75) is 6.04 Å². The number of rotatable bonds is 3. The Morgan fingerprint density at radius 3 is 2.62 bits per heavy atom. The summed E-state index contributed by atoms with van der Waals surface area (Å²) < 4.78 is 26.7. The summed E-state index contributed by atoms with van der Waals surface area (Å²) in [5.74, 6) is -1.59. The Morgan fingerprint density at radius 2 is 2.00 bits per heavy atom.